The van der Waals surface area contributed by atoms with Crippen molar-refractivity contribution in [3.63, 3.8) is 0 Å². The van der Waals surface area contributed by atoms with E-state index in [-0.39, 0.29) is 28.4 Å². The number of hydrogen-bond donors (Lipinski definition) is 0. The molecule has 0 N–H and O–H groups in total. The second-order valence-corrected chi connectivity index (χ2v) is 11.5. The molecule has 1 aromatic carbocycles. The molecule has 0 spiro atoms. The van der Waals surface area contributed by atoms with Crippen LogP contribution in [0.3, 0.4) is 0 Å². The lowest BCUT2D eigenvalue weighted by atomic mass is 9.69. The summed E-state index contributed by atoms with van der Waals surface area (Å²) in [4.78, 5) is 12.4. The van der Waals surface area contributed by atoms with Crippen molar-refractivity contribution in [2.24, 2.45) is 35.0 Å². The summed E-state index contributed by atoms with van der Waals surface area (Å²) in [6, 6.07) is 3.07. The summed E-state index contributed by atoms with van der Waals surface area (Å²) in [5, 5.41) is 0.466. The summed E-state index contributed by atoms with van der Waals surface area (Å²) >= 11 is 7.85. The molecule has 0 aromatic heterocycles. The van der Waals surface area contributed by atoms with Crippen LogP contribution >= 0.6 is 23.4 Å². The van der Waals surface area contributed by atoms with Crippen LogP contribution in [-0.2, 0) is 9.53 Å². The fourth-order valence-corrected chi connectivity index (χ4v) is 8.00. The molecule has 4 saturated carbocycles. The Balaban J connectivity index is 1.24. The second kappa shape index (κ2) is 7.33. The van der Waals surface area contributed by atoms with Gasteiger partial charge in [0.15, 0.2) is 0 Å². The number of carbonyl (C=O) groups excluding carboxylic acids is 1. The van der Waals surface area contributed by atoms with Gasteiger partial charge in [0.05, 0.1) is 24.7 Å². The number of ether oxygens (including phenoxy) is 2. The first-order valence-corrected chi connectivity index (χ1v) is 12.0. The van der Waals surface area contributed by atoms with Gasteiger partial charge in [-0.1, -0.05) is 24.9 Å². The highest BCUT2D eigenvalue weighted by molar-refractivity contribution is 8.00. The number of benzene rings is 1. The monoisotopic (exact) mass is 438 g/mol. The van der Waals surface area contributed by atoms with Crippen molar-refractivity contribution in [2.45, 2.75) is 55.6 Å². The third-order valence-electron chi connectivity index (χ3n) is 7.80. The topological polar surface area (TPSA) is 35.5 Å². The van der Waals surface area contributed by atoms with E-state index in [0.29, 0.717) is 22.3 Å². The zero-order valence-corrected chi connectivity index (χ0v) is 18.5. The van der Waals surface area contributed by atoms with Crippen LogP contribution in [0.15, 0.2) is 17.0 Å². The maximum absolute atomic E-state index is 14.8. The first-order valence-electron chi connectivity index (χ1n) is 10.7. The van der Waals surface area contributed by atoms with Gasteiger partial charge < -0.3 is 9.47 Å². The summed E-state index contributed by atoms with van der Waals surface area (Å²) in [6.07, 6.45) is 6.47. The molecule has 7 atom stereocenters. The van der Waals surface area contributed by atoms with E-state index in [9.17, 15) is 9.18 Å². The van der Waals surface area contributed by atoms with Gasteiger partial charge in [0.2, 0.25) is 0 Å². The van der Waals surface area contributed by atoms with Crippen LogP contribution in [0.2, 0.25) is 5.02 Å². The van der Waals surface area contributed by atoms with E-state index >= 15 is 0 Å². The van der Waals surface area contributed by atoms with Gasteiger partial charge >= 0.3 is 5.97 Å². The second-order valence-electron chi connectivity index (χ2n) is 9.84. The van der Waals surface area contributed by atoms with E-state index in [1.54, 1.807) is 6.07 Å². The molecule has 158 valence electrons. The first-order chi connectivity index (χ1) is 13.9. The standard InChI is InChI=1S/C23H28ClFO3S/c1-23(9-12-6-14-15(10-23)21(12)14)11-28-18-8-17(25)20(7-16(18)24)29-19-5-3-4-13(19)22(26)27-2/h7-8,12-15,19,21H,3-6,9-11H2,1-2H3/t12?,13?,14?,15-,19?,21?,23?/m0/s1. The predicted molar refractivity (Wildman–Crippen MR) is 112 cm³/mol. The minimum absolute atomic E-state index is 0.0268. The van der Waals surface area contributed by atoms with Crippen LogP contribution in [0.5, 0.6) is 5.75 Å². The third-order valence-corrected chi connectivity index (χ3v) is 9.53. The number of hydrogen-bond acceptors (Lipinski definition) is 4. The molecule has 4 fully saturated rings. The van der Waals surface area contributed by atoms with E-state index in [1.165, 1.54) is 44.2 Å². The molecule has 0 radical (unpaired) electrons. The van der Waals surface area contributed by atoms with Gasteiger partial charge in [0.25, 0.3) is 0 Å². The van der Waals surface area contributed by atoms with Gasteiger partial charge in [-0.05, 0) is 61.8 Å². The molecule has 0 amide bonds. The summed E-state index contributed by atoms with van der Waals surface area (Å²) in [5.74, 6) is 3.49. The predicted octanol–water partition coefficient (Wildman–Crippen LogP) is 5.97. The average molecular weight is 439 g/mol. The lowest BCUT2D eigenvalue weighted by molar-refractivity contribution is -0.144. The Bertz CT molecular complexity index is 823. The van der Waals surface area contributed by atoms with Crippen molar-refractivity contribution in [1.29, 1.82) is 0 Å². The fraction of sp³-hybridized carbons (Fsp3) is 0.696. The first kappa shape index (κ1) is 20.0. The molecule has 0 aliphatic heterocycles. The SMILES string of the molecule is COC(=O)C1CCCC1Sc1cc(Cl)c(OCC2(C)CC3CC4C3[C@H]4C2)cc1F. The summed E-state index contributed by atoms with van der Waals surface area (Å²) < 4.78 is 25.8. The zero-order chi connectivity index (χ0) is 20.3. The lowest BCUT2D eigenvalue weighted by Crippen LogP contribution is -2.33. The van der Waals surface area contributed by atoms with Crippen LogP contribution in [0.1, 0.15) is 45.4 Å². The molecular formula is C23H28ClFO3S. The molecule has 0 heterocycles. The van der Waals surface area contributed by atoms with E-state index in [2.05, 4.69) is 6.92 Å². The van der Waals surface area contributed by atoms with Crippen LogP contribution in [-0.4, -0.2) is 24.9 Å². The number of methoxy groups -OCH3 is 1. The number of thioether (sulfide) groups is 1. The molecule has 5 rings (SSSR count). The van der Waals surface area contributed by atoms with Crippen LogP contribution < -0.4 is 4.74 Å². The Kier molecular flexibility index (Phi) is 5.05. The Hall–Kier alpha value is -0.940. The Morgan fingerprint density at radius 1 is 1.31 bits per heavy atom. The highest BCUT2D eigenvalue weighted by Gasteiger charge is 2.67. The van der Waals surface area contributed by atoms with Crippen molar-refractivity contribution in [1.82, 2.24) is 0 Å². The molecule has 0 saturated heterocycles. The average Bonchev–Trinajstić information content (AvgIpc) is 3.05. The van der Waals surface area contributed by atoms with Crippen molar-refractivity contribution >= 4 is 29.3 Å². The minimum Gasteiger partial charge on any atom is -0.491 e. The number of halogens is 2. The quantitative estimate of drug-likeness (QED) is 0.512. The van der Waals surface area contributed by atoms with E-state index in [4.69, 9.17) is 21.1 Å². The smallest absolute Gasteiger partial charge is 0.309 e. The van der Waals surface area contributed by atoms with Gasteiger partial charge in [-0.3, -0.25) is 4.79 Å². The normalized spacial score (nSPS) is 39.4. The van der Waals surface area contributed by atoms with Gasteiger partial charge in [-0.2, -0.15) is 0 Å². The summed E-state index contributed by atoms with van der Waals surface area (Å²) in [7, 11) is 1.41. The van der Waals surface area contributed by atoms with Gasteiger partial charge in [-0.25, -0.2) is 4.39 Å². The molecule has 3 nitrogen and oxygen atoms in total. The molecule has 1 aromatic rings. The fourth-order valence-electron chi connectivity index (χ4n) is 6.34. The largest absolute Gasteiger partial charge is 0.491 e. The van der Waals surface area contributed by atoms with Gasteiger partial charge in [-0.15, -0.1) is 11.8 Å². The Morgan fingerprint density at radius 2 is 2.14 bits per heavy atom. The van der Waals surface area contributed by atoms with Gasteiger partial charge in [0.1, 0.15) is 11.6 Å². The molecule has 29 heavy (non-hydrogen) atoms. The Morgan fingerprint density at radius 3 is 2.90 bits per heavy atom. The maximum atomic E-state index is 14.8. The molecule has 0 bridgehead atoms. The molecular weight excluding hydrogens is 411 g/mol. The highest BCUT2D eigenvalue weighted by Crippen LogP contribution is 2.73. The minimum atomic E-state index is -0.330. The van der Waals surface area contributed by atoms with Gasteiger partial charge in [0, 0.05) is 21.6 Å². The number of rotatable bonds is 6. The summed E-state index contributed by atoms with van der Waals surface area (Å²) in [5.41, 5.74) is 0.169. The van der Waals surface area contributed by atoms with Crippen molar-refractivity contribution in [2.75, 3.05) is 13.7 Å². The van der Waals surface area contributed by atoms with Crippen molar-refractivity contribution in [3.05, 3.63) is 23.0 Å². The van der Waals surface area contributed by atoms with Crippen LogP contribution in [0.4, 0.5) is 4.39 Å². The number of esters is 1. The van der Waals surface area contributed by atoms with E-state index in [0.717, 1.165) is 42.9 Å². The van der Waals surface area contributed by atoms with Crippen LogP contribution in [0, 0.1) is 40.8 Å². The molecule has 6 unspecified atom stereocenters. The lowest BCUT2D eigenvalue weighted by Gasteiger charge is -2.38. The summed E-state index contributed by atoms with van der Waals surface area (Å²) in [6.45, 7) is 2.90. The maximum Gasteiger partial charge on any atom is 0.309 e. The van der Waals surface area contributed by atoms with Crippen LogP contribution in [0.25, 0.3) is 0 Å². The molecule has 4 aliphatic rings. The van der Waals surface area contributed by atoms with E-state index < -0.39 is 0 Å². The number of carbonyl (C=O) groups is 1. The van der Waals surface area contributed by atoms with Crippen molar-refractivity contribution < 1.29 is 18.7 Å². The van der Waals surface area contributed by atoms with E-state index in [1.807, 2.05) is 0 Å². The zero-order valence-electron chi connectivity index (χ0n) is 17.0. The third kappa shape index (κ3) is 3.56. The van der Waals surface area contributed by atoms with Crippen molar-refractivity contribution in [3.8, 4) is 5.75 Å². The Labute approximate surface area is 181 Å². The molecule has 6 heteroatoms. The number of fused-ring (bicyclic) bond motifs is 1. The highest BCUT2D eigenvalue weighted by atomic mass is 35.5. The molecule has 4 aliphatic carbocycles.